The van der Waals surface area contributed by atoms with E-state index >= 15 is 0 Å². The Morgan fingerprint density at radius 2 is 1.97 bits per heavy atom. The van der Waals surface area contributed by atoms with Crippen molar-refractivity contribution in [2.45, 2.75) is 18.9 Å². The number of hydrogen-bond acceptors (Lipinski definition) is 6. The van der Waals surface area contributed by atoms with Crippen molar-refractivity contribution in [1.82, 2.24) is 15.1 Å². The van der Waals surface area contributed by atoms with E-state index in [9.17, 15) is 14.9 Å². The lowest BCUT2D eigenvalue weighted by atomic mass is 10.1. The van der Waals surface area contributed by atoms with Crippen LogP contribution in [-0.4, -0.2) is 45.1 Å². The highest BCUT2D eigenvalue weighted by molar-refractivity contribution is 6.31. The minimum absolute atomic E-state index is 0.00166. The topological polar surface area (TPSA) is 98.5 Å². The number of fused-ring (bicyclic) bond motifs is 1. The molecule has 2 heterocycles. The monoisotopic (exact) mass is 412 g/mol. The van der Waals surface area contributed by atoms with Gasteiger partial charge in [-0.2, -0.15) is 5.10 Å². The maximum absolute atomic E-state index is 12.8. The summed E-state index contributed by atoms with van der Waals surface area (Å²) in [6.45, 7) is 0.844. The fraction of sp³-hybridized carbons (Fsp3) is 0.250. The van der Waals surface area contributed by atoms with Crippen LogP contribution in [0.1, 0.15) is 23.2 Å². The number of benzene rings is 2. The molecule has 0 spiro atoms. The fourth-order valence-corrected chi connectivity index (χ4v) is 3.60. The lowest BCUT2D eigenvalue weighted by molar-refractivity contribution is -0.385. The van der Waals surface area contributed by atoms with Crippen LogP contribution in [0.25, 0.3) is 10.8 Å². The highest BCUT2D eigenvalue weighted by atomic mass is 35.5. The Morgan fingerprint density at radius 1 is 1.21 bits per heavy atom. The van der Waals surface area contributed by atoms with E-state index in [1.807, 2.05) is 24.3 Å². The number of aromatic nitrogens is 2. The molecule has 1 aliphatic rings. The number of nitrogens with zero attached hydrogens (tertiary/aromatic N) is 4. The van der Waals surface area contributed by atoms with E-state index in [-0.39, 0.29) is 22.4 Å². The smallest absolute Gasteiger partial charge is 0.282 e. The standard InChI is InChI=1S/C20H17ClN4O4/c21-14-5-6-18(25(27)28)17(11-14)20(26)24-9-7-15(8-10-24)29-19-16-4-2-1-3-13(16)12-22-23-19/h1-6,11-12,15H,7-10H2. The van der Waals surface area contributed by atoms with Crippen LogP contribution in [0.5, 0.6) is 5.88 Å². The highest BCUT2D eigenvalue weighted by Crippen LogP contribution is 2.27. The van der Waals surface area contributed by atoms with Crippen LogP contribution in [0.3, 0.4) is 0 Å². The van der Waals surface area contributed by atoms with Crippen molar-refractivity contribution in [2.75, 3.05) is 13.1 Å². The largest absolute Gasteiger partial charge is 0.473 e. The van der Waals surface area contributed by atoms with Gasteiger partial charge in [-0.15, -0.1) is 5.10 Å². The Morgan fingerprint density at radius 3 is 2.72 bits per heavy atom. The van der Waals surface area contributed by atoms with Crippen molar-refractivity contribution in [3.05, 3.63) is 69.4 Å². The number of rotatable bonds is 4. The molecule has 9 heteroatoms. The van der Waals surface area contributed by atoms with Crippen LogP contribution >= 0.6 is 11.6 Å². The van der Waals surface area contributed by atoms with Gasteiger partial charge < -0.3 is 9.64 Å². The van der Waals surface area contributed by atoms with Gasteiger partial charge in [0.15, 0.2) is 0 Å². The van der Waals surface area contributed by atoms with Gasteiger partial charge in [-0.05, 0) is 18.2 Å². The van der Waals surface area contributed by atoms with Crippen molar-refractivity contribution >= 4 is 34.0 Å². The number of piperidine rings is 1. The van der Waals surface area contributed by atoms with Gasteiger partial charge in [-0.3, -0.25) is 14.9 Å². The molecule has 0 bridgehead atoms. The summed E-state index contributed by atoms with van der Waals surface area (Å²) >= 11 is 5.94. The predicted molar refractivity (Wildman–Crippen MR) is 107 cm³/mol. The molecule has 1 amide bonds. The summed E-state index contributed by atoms with van der Waals surface area (Å²) in [7, 11) is 0. The SMILES string of the molecule is O=C(c1cc(Cl)ccc1[N+](=O)[O-])N1CCC(Oc2nncc3ccccc23)CC1. The van der Waals surface area contributed by atoms with Crippen molar-refractivity contribution in [2.24, 2.45) is 0 Å². The Balaban J connectivity index is 1.45. The summed E-state index contributed by atoms with van der Waals surface area (Å²) in [4.78, 5) is 25.1. The molecule has 148 valence electrons. The average molecular weight is 413 g/mol. The van der Waals surface area contributed by atoms with Crippen molar-refractivity contribution in [1.29, 1.82) is 0 Å². The minimum atomic E-state index is -0.571. The van der Waals surface area contributed by atoms with Crippen molar-refractivity contribution < 1.29 is 14.5 Å². The summed E-state index contributed by atoms with van der Waals surface area (Å²) in [5, 5.41) is 21.4. The third-order valence-corrected chi connectivity index (χ3v) is 5.16. The van der Waals surface area contributed by atoms with Gasteiger partial charge in [0.1, 0.15) is 11.7 Å². The molecule has 29 heavy (non-hydrogen) atoms. The molecule has 0 aliphatic carbocycles. The third kappa shape index (κ3) is 3.97. The normalized spacial score (nSPS) is 14.7. The summed E-state index contributed by atoms with van der Waals surface area (Å²) in [6, 6.07) is 11.7. The zero-order valence-electron chi connectivity index (χ0n) is 15.3. The molecular formula is C20H17ClN4O4. The van der Waals surface area contributed by atoms with Crippen molar-refractivity contribution in [3.63, 3.8) is 0 Å². The molecule has 8 nitrogen and oxygen atoms in total. The Labute approximate surface area is 171 Å². The first kappa shape index (κ1) is 19.1. The Bertz CT molecular complexity index is 1080. The fourth-order valence-electron chi connectivity index (χ4n) is 3.43. The first-order valence-corrected chi connectivity index (χ1v) is 9.51. The van der Waals surface area contributed by atoms with Crippen LogP contribution in [0, 0.1) is 10.1 Å². The summed E-state index contributed by atoms with van der Waals surface area (Å²) in [5.74, 6) is 0.0703. The van der Waals surface area contributed by atoms with Crippen LogP contribution in [0.2, 0.25) is 5.02 Å². The number of nitro benzene ring substituents is 1. The van der Waals surface area contributed by atoms with E-state index in [1.165, 1.54) is 18.2 Å². The maximum Gasteiger partial charge on any atom is 0.282 e. The molecule has 1 aliphatic heterocycles. The van der Waals surface area contributed by atoms with Crippen molar-refractivity contribution in [3.8, 4) is 5.88 Å². The molecule has 0 radical (unpaired) electrons. The molecule has 4 rings (SSSR count). The first-order chi connectivity index (χ1) is 14.0. The van der Waals surface area contributed by atoms with Gasteiger partial charge in [0.25, 0.3) is 11.6 Å². The van der Waals surface area contributed by atoms with Crippen LogP contribution in [0.15, 0.2) is 48.7 Å². The van der Waals surface area contributed by atoms with E-state index < -0.39 is 10.8 Å². The predicted octanol–water partition coefficient (Wildman–Crippen LogP) is 3.88. The van der Waals surface area contributed by atoms with E-state index in [4.69, 9.17) is 16.3 Å². The second kappa shape index (κ2) is 8.00. The number of ether oxygens (including phenoxy) is 1. The van der Waals surface area contributed by atoms with Crippen LogP contribution in [0.4, 0.5) is 5.69 Å². The first-order valence-electron chi connectivity index (χ1n) is 9.13. The lowest BCUT2D eigenvalue weighted by Crippen LogP contribution is -2.42. The van der Waals surface area contributed by atoms with Crippen LogP contribution in [-0.2, 0) is 0 Å². The zero-order valence-corrected chi connectivity index (χ0v) is 16.1. The van der Waals surface area contributed by atoms with E-state index in [0.717, 1.165) is 10.8 Å². The molecule has 0 N–H and O–H groups in total. The molecule has 0 atom stereocenters. The average Bonchev–Trinajstić information content (AvgIpc) is 2.74. The lowest BCUT2D eigenvalue weighted by Gasteiger charge is -2.32. The van der Waals surface area contributed by atoms with Gasteiger partial charge >= 0.3 is 0 Å². The molecule has 1 fully saturated rings. The quantitative estimate of drug-likeness (QED) is 0.476. The molecule has 1 aromatic heterocycles. The summed E-state index contributed by atoms with van der Waals surface area (Å²) < 4.78 is 6.04. The number of nitro groups is 1. The Hall–Kier alpha value is -3.26. The second-order valence-corrected chi connectivity index (χ2v) is 7.20. The van der Waals surface area contributed by atoms with E-state index in [2.05, 4.69) is 10.2 Å². The van der Waals surface area contributed by atoms with Gasteiger partial charge in [0, 0.05) is 47.8 Å². The molecule has 2 aromatic carbocycles. The number of likely N-dealkylation sites (tertiary alicyclic amines) is 1. The molecule has 0 unspecified atom stereocenters. The molecular weight excluding hydrogens is 396 g/mol. The van der Waals surface area contributed by atoms with Gasteiger partial charge in [-0.25, -0.2) is 0 Å². The second-order valence-electron chi connectivity index (χ2n) is 6.76. The minimum Gasteiger partial charge on any atom is -0.473 e. The van der Waals surface area contributed by atoms with Gasteiger partial charge in [0.2, 0.25) is 5.88 Å². The molecule has 1 saturated heterocycles. The molecule has 0 saturated carbocycles. The summed E-state index contributed by atoms with van der Waals surface area (Å²) in [5.41, 5.74) is -0.245. The number of carbonyl (C=O) groups is 1. The van der Waals surface area contributed by atoms with Crippen LogP contribution < -0.4 is 4.74 Å². The van der Waals surface area contributed by atoms with E-state index in [1.54, 1.807) is 11.1 Å². The molecule has 3 aromatic rings. The number of halogens is 1. The highest BCUT2D eigenvalue weighted by Gasteiger charge is 2.29. The maximum atomic E-state index is 12.8. The summed E-state index contributed by atoms with van der Waals surface area (Å²) in [6.07, 6.45) is 2.74. The van der Waals surface area contributed by atoms with Gasteiger partial charge in [0.05, 0.1) is 11.1 Å². The number of hydrogen-bond donors (Lipinski definition) is 0. The zero-order chi connectivity index (χ0) is 20.4. The number of amides is 1. The van der Waals surface area contributed by atoms with Gasteiger partial charge in [-0.1, -0.05) is 29.8 Å². The van der Waals surface area contributed by atoms with E-state index in [0.29, 0.717) is 31.8 Å². The number of carbonyl (C=O) groups excluding carboxylic acids is 1. The third-order valence-electron chi connectivity index (χ3n) is 4.93. The Kier molecular flexibility index (Phi) is 5.26.